The number of carbonyl (C=O) groups is 1. The second kappa shape index (κ2) is 7.51. The molecule has 0 spiro atoms. The number of nitrogens with zero attached hydrogens (tertiary/aromatic N) is 3. The normalized spacial score (nSPS) is 15.8. The Morgan fingerprint density at radius 2 is 1.88 bits per heavy atom. The van der Waals surface area contributed by atoms with E-state index in [1.165, 1.54) is 10.4 Å². The Labute approximate surface area is 164 Å². The molecule has 3 rings (SSSR count). The summed E-state index contributed by atoms with van der Waals surface area (Å²) >= 11 is 9.37. The molecular weight excluding hydrogens is 444 g/mol. The van der Waals surface area contributed by atoms with Crippen LogP contribution in [0.25, 0.3) is 0 Å². The van der Waals surface area contributed by atoms with Crippen LogP contribution in [0.1, 0.15) is 10.4 Å². The smallest absolute Gasteiger partial charge is 0.252 e. The minimum absolute atomic E-state index is 0.0754. The van der Waals surface area contributed by atoms with Crippen LogP contribution >= 0.6 is 27.5 Å². The second-order valence-corrected chi connectivity index (χ2v) is 8.93. The molecule has 1 aromatic carbocycles. The number of hydrogen-bond acceptors (Lipinski definition) is 5. The van der Waals surface area contributed by atoms with Crippen LogP contribution < -0.4 is 10.6 Å². The molecule has 1 saturated heterocycles. The van der Waals surface area contributed by atoms with Crippen molar-refractivity contribution in [3.8, 4) is 0 Å². The van der Waals surface area contributed by atoms with Crippen LogP contribution in [0.5, 0.6) is 0 Å². The molecule has 1 amide bonds. The summed E-state index contributed by atoms with van der Waals surface area (Å²) in [5.41, 5.74) is 5.71. The van der Waals surface area contributed by atoms with Gasteiger partial charge in [-0.1, -0.05) is 27.5 Å². The largest absolute Gasteiger partial charge is 0.365 e. The lowest BCUT2D eigenvalue weighted by Gasteiger charge is -2.35. The molecule has 2 N–H and O–H groups in total. The molecule has 138 valence electrons. The molecule has 1 aliphatic heterocycles. The molecule has 2 heterocycles. The number of pyridine rings is 1. The number of primary amides is 1. The number of hydrogen-bond donors (Lipinski definition) is 1. The number of halogens is 2. The lowest BCUT2D eigenvalue weighted by Crippen LogP contribution is -2.49. The van der Waals surface area contributed by atoms with Crippen LogP contribution in [-0.2, 0) is 10.0 Å². The van der Waals surface area contributed by atoms with Crippen LogP contribution in [0, 0.1) is 0 Å². The number of carbonyl (C=O) groups excluding carboxylic acids is 1. The highest BCUT2D eigenvalue weighted by Crippen LogP contribution is 2.29. The fourth-order valence-electron chi connectivity index (χ4n) is 2.81. The van der Waals surface area contributed by atoms with Gasteiger partial charge in [0.1, 0.15) is 10.7 Å². The van der Waals surface area contributed by atoms with Crippen molar-refractivity contribution in [1.82, 2.24) is 9.29 Å². The van der Waals surface area contributed by atoms with Gasteiger partial charge in [0.05, 0.1) is 10.6 Å². The van der Waals surface area contributed by atoms with Crippen LogP contribution in [0.2, 0.25) is 5.02 Å². The number of piperazine rings is 1. The highest BCUT2D eigenvalue weighted by atomic mass is 79.9. The topological polar surface area (TPSA) is 96.6 Å². The van der Waals surface area contributed by atoms with Crippen LogP contribution in [0.15, 0.2) is 45.9 Å². The predicted octanol–water partition coefficient (Wildman–Crippen LogP) is 2.11. The Balaban J connectivity index is 1.79. The van der Waals surface area contributed by atoms with Gasteiger partial charge in [0.15, 0.2) is 0 Å². The fourth-order valence-corrected chi connectivity index (χ4v) is 5.24. The van der Waals surface area contributed by atoms with Gasteiger partial charge >= 0.3 is 0 Å². The van der Waals surface area contributed by atoms with Crippen molar-refractivity contribution >= 4 is 49.3 Å². The molecule has 1 aromatic heterocycles. The van der Waals surface area contributed by atoms with E-state index in [4.69, 9.17) is 17.3 Å². The third-order valence-electron chi connectivity index (χ3n) is 4.10. The SMILES string of the molecule is NC(=O)c1cccnc1N1CCN(S(=O)(=O)c2ccc(Br)cc2Cl)CC1. The first-order chi connectivity index (χ1) is 12.3. The minimum Gasteiger partial charge on any atom is -0.365 e. The Morgan fingerprint density at radius 3 is 2.50 bits per heavy atom. The highest BCUT2D eigenvalue weighted by molar-refractivity contribution is 9.10. The summed E-state index contributed by atoms with van der Waals surface area (Å²) < 4.78 is 27.8. The summed E-state index contributed by atoms with van der Waals surface area (Å²) in [5.74, 6) is -0.0940. The maximum absolute atomic E-state index is 12.9. The van der Waals surface area contributed by atoms with Gasteiger partial charge in [-0.05, 0) is 30.3 Å². The van der Waals surface area contributed by atoms with Crippen molar-refractivity contribution in [2.24, 2.45) is 5.73 Å². The van der Waals surface area contributed by atoms with E-state index < -0.39 is 15.9 Å². The fraction of sp³-hybridized carbons (Fsp3) is 0.250. The van der Waals surface area contributed by atoms with Gasteiger partial charge in [-0.3, -0.25) is 4.79 Å². The Bertz CT molecular complexity index is 946. The molecule has 1 fully saturated rings. The van der Waals surface area contributed by atoms with E-state index in [0.717, 1.165) is 0 Å². The van der Waals surface area contributed by atoms with Crippen molar-refractivity contribution in [2.45, 2.75) is 4.90 Å². The molecule has 10 heteroatoms. The highest BCUT2D eigenvalue weighted by Gasteiger charge is 2.31. The average Bonchev–Trinajstić information content (AvgIpc) is 2.61. The molecule has 0 radical (unpaired) electrons. The number of rotatable bonds is 4. The van der Waals surface area contributed by atoms with Gasteiger partial charge < -0.3 is 10.6 Å². The molecule has 0 saturated carbocycles. The van der Waals surface area contributed by atoms with Gasteiger partial charge in [-0.15, -0.1) is 0 Å². The van der Waals surface area contributed by atoms with E-state index >= 15 is 0 Å². The maximum atomic E-state index is 12.9. The van der Waals surface area contributed by atoms with E-state index in [9.17, 15) is 13.2 Å². The van der Waals surface area contributed by atoms with Gasteiger partial charge in [-0.2, -0.15) is 4.31 Å². The molecule has 2 aromatic rings. The summed E-state index contributed by atoms with van der Waals surface area (Å²) in [6.07, 6.45) is 1.58. The van der Waals surface area contributed by atoms with Crippen molar-refractivity contribution in [1.29, 1.82) is 0 Å². The molecule has 0 aliphatic carbocycles. The summed E-state index contributed by atoms with van der Waals surface area (Å²) in [6, 6.07) is 7.92. The van der Waals surface area contributed by atoms with E-state index in [1.807, 2.05) is 4.90 Å². The second-order valence-electron chi connectivity index (χ2n) is 5.70. The first-order valence-corrected chi connectivity index (χ1v) is 10.4. The molecule has 7 nitrogen and oxygen atoms in total. The van der Waals surface area contributed by atoms with E-state index in [-0.39, 0.29) is 23.0 Å². The lowest BCUT2D eigenvalue weighted by atomic mass is 10.2. The molecule has 26 heavy (non-hydrogen) atoms. The Morgan fingerprint density at radius 1 is 1.19 bits per heavy atom. The summed E-state index contributed by atoms with van der Waals surface area (Å²) in [6.45, 7) is 1.29. The number of sulfonamides is 1. The van der Waals surface area contributed by atoms with Gasteiger partial charge in [-0.25, -0.2) is 13.4 Å². The maximum Gasteiger partial charge on any atom is 0.252 e. The first kappa shape index (κ1) is 19.1. The monoisotopic (exact) mass is 458 g/mol. The zero-order chi connectivity index (χ0) is 18.9. The van der Waals surface area contributed by atoms with Gasteiger partial charge in [0.25, 0.3) is 5.91 Å². The number of benzene rings is 1. The molecule has 0 atom stereocenters. The van der Waals surface area contributed by atoms with Gasteiger partial charge in [0, 0.05) is 36.8 Å². The zero-order valence-corrected chi connectivity index (χ0v) is 16.8. The Kier molecular flexibility index (Phi) is 5.52. The quantitative estimate of drug-likeness (QED) is 0.755. The third kappa shape index (κ3) is 3.71. The van der Waals surface area contributed by atoms with Crippen LogP contribution in [0.4, 0.5) is 5.82 Å². The number of aromatic nitrogens is 1. The molecular formula is C16H16BrClN4O3S. The van der Waals surface area contributed by atoms with E-state index in [0.29, 0.717) is 28.9 Å². The molecule has 0 unspecified atom stereocenters. The lowest BCUT2D eigenvalue weighted by molar-refractivity contribution is 0.100. The summed E-state index contributed by atoms with van der Waals surface area (Å²) in [5, 5.41) is 0.169. The number of nitrogens with two attached hydrogens (primary N) is 1. The predicted molar refractivity (Wildman–Crippen MR) is 103 cm³/mol. The van der Waals surface area contributed by atoms with Crippen LogP contribution in [-0.4, -0.2) is 49.8 Å². The van der Waals surface area contributed by atoms with Crippen molar-refractivity contribution in [3.05, 3.63) is 51.6 Å². The summed E-state index contributed by atoms with van der Waals surface area (Å²) in [7, 11) is -3.70. The minimum atomic E-state index is -3.70. The molecule has 1 aliphatic rings. The third-order valence-corrected chi connectivity index (χ3v) is 6.98. The van der Waals surface area contributed by atoms with E-state index in [2.05, 4.69) is 20.9 Å². The number of anilines is 1. The first-order valence-electron chi connectivity index (χ1n) is 7.75. The summed E-state index contributed by atoms with van der Waals surface area (Å²) in [4.78, 5) is 17.7. The van der Waals surface area contributed by atoms with Crippen molar-refractivity contribution < 1.29 is 13.2 Å². The standard InChI is InChI=1S/C16H16BrClN4O3S/c17-11-3-4-14(13(18)10-11)26(24,25)22-8-6-21(7-9-22)16-12(15(19)23)2-1-5-20-16/h1-5,10H,6-9H2,(H2,19,23). The van der Waals surface area contributed by atoms with Crippen LogP contribution in [0.3, 0.4) is 0 Å². The van der Waals surface area contributed by atoms with Crippen molar-refractivity contribution in [3.63, 3.8) is 0 Å². The zero-order valence-electron chi connectivity index (χ0n) is 13.6. The average molecular weight is 460 g/mol. The van der Waals surface area contributed by atoms with Crippen molar-refractivity contribution in [2.75, 3.05) is 31.1 Å². The van der Waals surface area contributed by atoms with Gasteiger partial charge in [0.2, 0.25) is 10.0 Å². The Hall–Kier alpha value is -1.68. The molecule has 0 bridgehead atoms. The number of amides is 1. The van der Waals surface area contributed by atoms with E-state index in [1.54, 1.807) is 30.5 Å².